The van der Waals surface area contributed by atoms with E-state index in [-0.39, 0.29) is 10.5 Å². The molecule has 0 unspecified atom stereocenters. The van der Waals surface area contributed by atoms with E-state index in [1.165, 1.54) is 30.5 Å². The molecule has 8 heteroatoms. The minimum Gasteiger partial charge on any atom is -0.360 e. The van der Waals surface area contributed by atoms with Gasteiger partial charge in [-0.25, -0.2) is 0 Å². The fraction of sp³-hybridized carbons (Fsp3) is 0.111. The van der Waals surface area contributed by atoms with Gasteiger partial charge in [-0.2, -0.15) is 13.7 Å². The first kappa shape index (κ1) is 19.2. The van der Waals surface area contributed by atoms with Crippen molar-refractivity contribution in [3.63, 3.8) is 0 Å². The zero-order chi connectivity index (χ0) is 19.3. The van der Waals surface area contributed by atoms with Gasteiger partial charge in [0.25, 0.3) is 16.0 Å². The number of carbonyl (C=O) groups excluding carboxylic acids is 1. The molecule has 0 aromatic heterocycles. The standard InChI is InChI=1S/C18H17N3O4S/c1-12-6-7-17(13(2)8-12)21-18(22)14(10-19)11-20-15-4-3-5-16(9-15)26(23,24)25/h3-9,11,20H,1-2H3,(H,21,22)(H,23,24,25)/b14-11-. The van der Waals surface area contributed by atoms with Crippen LogP contribution in [-0.4, -0.2) is 18.9 Å². The van der Waals surface area contributed by atoms with Gasteiger partial charge >= 0.3 is 0 Å². The largest absolute Gasteiger partial charge is 0.360 e. The van der Waals surface area contributed by atoms with E-state index in [1.54, 1.807) is 12.1 Å². The molecule has 0 spiro atoms. The van der Waals surface area contributed by atoms with Crippen LogP contribution in [0.1, 0.15) is 11.1 Å². The number of nitriles is 1. The second-order valence-corrected chi connectivity index (χ2v) is 7.01. The Morgan fingerprint density at radius 3 is 2.54 bits per heavy atom. The molecule has 0 aliphatic rings. The predicted molar refractivity (Wildman–Crippen MR) is 98.1 cm³/mol. The summed E-state index contributed by atoms with van der Waals surface area (Å²) in [5.74, 6) is -0.599. The van der Waals surface area contributed by atoms with Gasteiger partial charge in [-0.1, -0.05) is 23.8 Å². The van der Waals surface area contributed by atoms with Crippen LogP contribution in [0.3, 0.4) is 0 Å². The van der Waals surface area contributed by atoms with Crippen LogP contribution in [0, 0.1) is 25.2 Å². The second kappa shape index (κ2) is 7.82. The van der Waals surface area contributed by atoms with Gasteiger partial charge in [-0.3, -0.25) is 9.35 Å². The van der Waals surface area contributed by atoms with Crippen LogP contribution in [0.25, 0.3) is 0 Å². The Kier molecular flexibility index (Phi) is 5.77. The summed E-state index contributed by atoms with van der Waals surface area (Å²) in [6.07, 6.45) is 1.17. The van der Waals surface area contributed by atoms with Gasteiger partial charge in [0, 0.05) is 17.6 Å². The van der Waals surface area contributed by atoms with E-state index < -0.39 is 16.0 Å². The molecule has 0 aliphatic heterocycles. The van der Waals surface area contributed by atoms with Crippen molar-refractivity contribution in [2.45, 2.75) is 18.7 Å². The van der Waals surface area contributed by atoms with Crippen LogP contribution in [0.2, 0.25) is 0 Å². The smallest absolute Gasteiger partial charge is 0.294 e. The summed E-state index contributed by atoms with van der Waals surface area (Å²) in [7, 11) is -4.34. The molecule has 0 saturated heterocycles. The molecule has 7 nitrogen and oxygen atoms in total. The molecule has 1 amide bonds. The van der Waals surface area contributed by atoms with Gasteiger partial charge in [0.2, 0.25) is 0 Å². The third kappa shape index (κ3) is 4.92. The Bertz CT molecular complexity index is 1020. The predicted octanol–water partition coefficient (Wildman–Crippen LogP) is 3.01. The van der Waals surface area contributed by atoms with E-state index in [4.69, 9.17) is 4.55 Å². The van der Waals surface area contributed by atoms with E-state index >= 15 is 0 Å². The average Bonchev–Trinajstić information content (AvgIpc) is 2.57. The first-order valence-corrected chi connectivity index (χ1v) is 8.97. The molecule has 0 fully saturated rings. The maximum absolute atomic E-state index is 12.3. The van der Waals surface area contributed by atoms with E-state index in [1.807, 2.05) is 26.0 Å². The van der Waals surface area contributed by atoms with Crippen LogP contribution in [0.5, 0.6) is 0 Å². The lowest BCUT2D eigenvalue weighted by molar-refractivity contribution is -0.112. The Hall–Kier alpha value is -3.15. The Labute approximate surface area is 151 Å². The monoisotopic (exact) mass is 371 g/mol. The highest BCUT2D eigenvalue weighted by Gasteiger charge is 2.12. The third-order valence-electron chi connectivity index (χ3n) is 3.51. The highest BCUT2D eigenvalue weighted by atomic mass is 32.2. The molecule has 0 atom stereocenters. The molecule has 3 N–H and O–H groups in total. The van der Waals surface area contributed by atoms with Crippen molar-refractivity contribution in [3.8, 4) is 6.07 Å². The molecule has 2 rings (SSSR count). The molecule has 0 radical (unpaired) electrons. The van der Waals surface area contributed by atoms with Crippen molar-refractivity contribution in [3.05, 3.63) is 65.4 Å². The summed E-state index contributed by atoms with van der Waals surface area (Å²) in [5.41, 5.74) is 2.62. The molecule has 2 aromatic rings. The van der Waals surface area contributed by atoms with Crippen LogP contribution >= 0.6 is 0 Å². The first-order valence-electron chi connectivity index (χ1n) is 7.53. The molecule has 0 aliphatic carbocycles. The summed E-state index contributed by atoms with van der Waals surface area (Å²) in [4.78, 5) is 12.0. The van der Waals surface area contributed by atoms with Gasteiger partial charge in [0.05, 0.1) is 4.90 Å². The van der Waals surface area contributed by atoms with Gasteiger partial charge in [-0.15, -0.1) is 0 Å². The van der Waals surface area contributed by atoms with Crippen LogP contribution < -0.4 is 10.6 Å². The number of rotatable bonds is 5. The van der Waals surface area contributed by atoms with Gasteiger partial charge < -0.3 is 10.6 Å². The number of nitrogens with one attached hydrogen (secondary N) is 2. The maximum Gasteiger partial charge on any atom is 0.294 e. The normalized spacial score (nSPS) is 11.5. The molecule has 134 valence electrons. The van der Waals surface area contributed by atoms with Crippen molar-refractivity contribution < 1.29 is 17.8 Å². The highest BCUT2D eigenvalue weighted by Crippen LogP contribution is 2.18. The summed E-state index contributed by atoms with van der Waals surface area (Å²) >= 11 is 0. The van der Waals surface area contributed by atoms with Gasteiger partial charge in [0.15, 0.2) is 0 Å². The number of anilines is 2. The van der Waals surface area contributed by atoms with Crippen molar-refractivity contribution in [2.24, 2.45) is 0 Å². The van der Waals surface area contributed by atoms with E-state index in [2.05, 4.69) is 10.6 Å². The van der Waals surface area contributed by atoms with Crippen LogP contribution in [0.15, 0.2) is 59.1 Å². The topological polar surface area (TPSA) is 119 Å². The quantitative estimate of drug-likeness (QED) is 0.422. The lowest BCUT2D eigenvalue weighted by Gasteiger charge is -2.09. The average molecular weight is 371 g/mol. The van der Waals surface area contributed by atoms with Crippen molar-refractivity contribution in [2.75, 3.05) is 10.6 Å². The van der Waals surface area contributed by atoms with Gasteiger partial charge in [-0.05, 0) is 43.7 Å². The number of amides is 1. The first-order chi connectivity index (χ1) is 12.2. The molecule has 2 aromatic carbocycles. The minimum absolute atomic E-state index is 0.192. The second-order valence-electron chi connectivity index (χ2n) is 5.59. The van der Waals surface area contributed by atoms with E-state index in [0.717, 1.165) is 11.1 Å². The Balaban J connectivity index is 2.17. The van der Waals surface area contributed by atoms with Crippen molar-refractivity contribution >= 4 is 27.4 Å². The molecule has 26 heavy (non-hydrogen) atoms. The SMILES string of the molecule is Cc1ccc(NC(=O)/C(C#N)=C\Nc2cccc(S(=O)(=O)O)c2)c(C)c1. The minimum atomic E-state index is -4.34. The van der Waals surface area contributed by atoms with Crippen molar-refractivity contribution in [1.82, 2.24) is 0 Å². The highest BCUT2D eigenvalue weighted by molar-refractivity contribution is 7.85. The summed E-state index contributed by atoms with van der Waals surface area (Å²) in [6.45, 7) is 3.78. The van der Waals surface area contributed by atoms with Crippen molar-refractivity contribution in [1.29, 1.82) is 5.26 Å². The Morgan fingerprint density at radius 2 is 1.92 bits per heavy atom. The zero-order valence-electron chi connectivity index (χ0n) is 14.1. The van der Waals surface area contributed by atoms with E-state index in [9.17, 15) is 18.5 Å². The molecular formula is C18H17N3O4S. The summed E-state index contributed by atoms with van der Waals surface area (Å²) < 4.78 is 31.3. The fourth-order valence-electron chi connectivity index (χ4n) is 2.19. The Morgan fingerprint density at radius 1 is 1.19 bits per heavy atom. The number of hydrogen-bond acceptors (Lipinski definition) is 5. The number of nitrogens with zero attached hydrogens (tertiary/aromatic N) is 1. The lowest BCUT2D eigenvalue weighted by Crippen LogP contribution is -2.15. The number of hydrogen-bond donors (Lipinski definition) is 3. The van der Waals surface area contributed by atoms with Crippen LogP contribution in [-0.2, 0) is 14.9 Å². The molecule has 0 saturated carbocycles. The van der Waals surface area contributed by atoms with Crippen LogP contribution in [0.4, 0.5) is 11.4 Å². The maximum atomic E-state index is 12.3. The lowest BCUT2D eigenvalue weighted by atomic mass is 10.1. The fourth-order valence-corrected chi connectivity index (χ4v) is 2.72. The molecule has 0 heterocycles. The molecular weight excluding hydrogens is 354 g/mol. The van der Waals surface area contributed by atoms with E-state index in [0.29, 0.717) is 11.4 Å². The summed E-state index contributed by atoms with van der Waals surface area (Å²) in [5, 5.41) is 14.5. The number of carbonyl (C=O) groups is 1. The third-order valence-corrected chi connectivity index (χ3v) is 4.36. The number of benzene rings is 2. The summed E-state index contributed by atoms with van der Waals surface area (Å²) in [6, 6.07) is 12.6. The molecule has 0 bridgehead atoms. The zero-order valence-corrected chi connectivity index (χ0v) is 15.0. The number of aryl methyl sites for hydroxylation is 2. The van der Waals surface area contributed by atoms with Gasteiger partial charge in [0.1, 0.15) is 11.6 Å².